The topological polar surface area (TPSA) is 70.5 Å². The zero-order valence-electron chi connectivity index (χ0n) is 8.90. The van der Waals surface area contributed by atoms with Gasteiger partial charge in [0, 0.05) is 22.7 Å². The third-order valence-electron chi connectivity index (χ3n) is 2.71. The maximum absolute atomic E-state index is 5.93. The molecule has 0 radical (unpaired) electrons. The second kappa shape index (κ2) is 3.71. The number of benzene rings is 1. The largest absolute Gasteiger partial charge is 0.396 e. The van der Waals surface area contributed by atoms with Crippen molar-refractivity contribution in [3.63, 3.8) is 0 Å². The summed E-state index contributed by atoms with van der Waals surface area (Å²) < 4.78 is 0.432. The minimum Gasteiger partial charge on any atom is -0.396 e. The van der Waals surface area contributed by atoms with Gasteiger partial charge in [0.15, 0.2) is 4.77 Å². The predicted octanol–water partition coefficient (Wildman–Crippen LogP) is 2.87. The molecule has 0 saturated carbocycles. The van der Waals surface area contributed by atoms with Crippen LogP contribution in [0.5, 0.6) is 0 Å². The Bertz CT molecular complexity index is 741. The van der Waals surface area contributed by atoms with Gasteiger partial charge in [0.25, 0.3) is 0 Å². The Labute approximate surface area is 103 Å². The van der Waals surface area contributed by atoms with E-state index >= 15 is 0 Å². The third kappa shape index (κ3) is 1.60. The molecule has 3 rings (SSSR count). The van der Waals surface area contributed by atoms with Gasteiger partial charge in [0.2, 0.25) is 0 Å². The van der Waals surface area contributed by atoms with Crippen molar-refractivity contribution in [2.24, 2.45) is 0 Å². The zero-order valence-corrected chi connectivity index (χ0v) is 9.71. The van der Waals surface area contributed by atoms with E-state index < -0.39 is 0 Å². The van der Waals surface area contributed by atoms with Crippen molar-refractivity contribution < 1.29 is 0 Å². The fourth-order valence-electron chi connectivity index (χ4n) is 1.93. The average molecular weight is 242 g/mol. The maximum atomic E-state index is 5.93. The van der Waals surface area contributed by atoms with Crippen molar-refractivity contribution in [3.05, 3.63) is 41.4 Å². The van der Waals surface area contributed by atoms with Crippen molar-refractivity contribution in [2.45, 2.75) is 0 Å². The summed E-state index contributed by atoms with van der Waals surface area (Å²) >= 11 is 5.03. The van der Waals surface area contributed by atoms with Crippen molar-refractivity contribution in [2.75, 3.05) is 5.73 Å². The van der Waals surface area contributed by atoms with Gasteiger partial charge in [-0.25, -0.2) is 4.98 Å². The van der Waals surface area contributed by atoms with Crippen LogP contribution in [-0.2, 0) is 0 Å². The number of hydrogen-bond donors (Lipinski definition) is 3. The van der Waals surface area contributed by atoms with Gasteiger partial charge in [-0.05, 0) is 24.4 Å². The van der Waals surface area contributed by atoms with Gasteiger partial charge in [-0.3, -0.25) is 0 Å². The Morgan fingerprint density at radius 3 is 3.00 bits per heavy atom. The standard InChI is InChI=1S/C12H10N4S/c13-9-6-15-12(17)16-11(9)8-2-1-3-10-7(8)4-5-14-10/h1-6,14H,13H2,(H,15,16,17). The summed E-state index contributed by atoms with van der Waals surface area (Å²) in [5, 5.41) is 1.11. The zero-order chi connectivity index (χ0) is 11.8. The molecule has 0 fully saturated rings. The Morgan fingerprint density at radius 2 is 2.12 bits per heavy atom. The van der Waals surface area contributed by atoms with Crippen LogP contribution in [0.15, 0.2) is 36.7 Å². The number of nitrogens with zero attached hydrogens (tertiary/aromatic N) is 1. The summed E-state index contributed by atoms with van der Waals surface area (Å²) in [6, 6.07) is 8.02. The summed E-state index contributed by atoms with van der Waals surface area (Å²) in [4.78, 5) is 10.2. The number of rotatable bonds is 1. The van der Waals surface area contributed by atoms with E-state index in [4.69, 9.17) is 18.0 Å². The molecule has 1 aromatic carbocycles. The van der Waals surface area contributed by atoms with E-state index in [1.807, 2.05) is 30.5 Å². The van der Waals surface area contributed by atoms with E-state index in [-0.39, 0.29) is 0 Å². The van der Waals surface area contributed by atoms with Gasteiger partial charge >= 0.3 is 0 Å². The Morgan fingerprint density at radius 1 is 1.24 bits per heavy atom. The molecule has 0 spiro atoms. The lowest BCUT2D eigenvalue weighted by Crippen LogP contribution is -1.95. The molecule has 84 valence electrons. The van der Waals surface area contributed by atoms with E-state index in [2.05, 4.69) is 15.0 Å². The molecule has 0 aliphatic carbocycles. The second-order valence-corrected chi connectivity index (χ2v) is 4.15. The molecule has 0 unspecified atom stereocenters. The van der Waals surface area contributed by atoms with E-state index in [0.717, 1.165) is 22.2 Å². The van der Waals surface area contributed by atoms with Crippen LogP contribution in [0.4, 0.5) is 5.69 Å². The van der Waals surface area contributed by atoms with Gasteiger partial charge in [0.05, 0.1) is 17.6 Å². The van der Waals surface area contributed by atoms with E-state index in [9.17, 15) is 0 Å². The number of nitrogens with one attached hydrogen (secondary N) is 2. The van der Waals surface area contributed by atoms with Gasteiger partial charge in [0.1, 0.15) is 0 Å². The van der Waals surface area contributed by atoms with Crippen LogP contribution < -0.4 is 5.73 Å². The van der Waals surface area contributed by atoms with Crippen LogP contribution in [0.1, 0.15) is 0 Å². The van der Waals surface area contributed by atoms with Gasteiger partial charge < -0.3 is 15.7 Å². The highest BCUT2D eigenvalue weighted by Crippen LogP contribution is 2.29. The molecule has 2 aromatic heterocycles. The SMILES string of the molecule is Nc1cnc(=S)[nH]c1-c1cccc2[nH]ccc12. The van der Waals surface area contributed by atoms with Gasteiger partial charge in [-0.15, -0.1) is 0 Å². The molecule has 4 N–H and O–H groups in total. The molecule has 0 aliphatic heterocycles. The number of H-pyrrole nitrogens is 2. The Kier molecular flexibility index (Phi) is 2.19. The molecule has 3 aromatic rings. The molecule has 2 heterocycles. The molecule has 0 bridgehead atoms. The highest BCUT2D eigenvalue weighted by Gasteiger charge is 2.07. The smallest absolute Gasteiger partial charge is 0.197 e. The van der Waals surface area contributed by atoms with E-state index in [1.54, 1.807) is 6.20 Å². The first-order chi connectivity index (χ1) is 8.25. The van der Waals surface area contributed by atoms with E-state index in [1.165, 1.54) is 0 Å². The summed E-state index contributed by atoms with van der Waals surface area (Å²) in [5.74, 6) is 0. The first-order valence-electron chi connectivity index (χ1n) is 5.17. The molecule has 0 saturated heterocycles. The van der Waals surface area contributed by atoms with Crippen molar-refractivity contribution in [3.8, 4) is 11.3 Å². The number of hydrogen-bond acceptors (Lipinski definition) is 3. The molecule has 0 aliphatic rings. The average Bonchev–Trinajstić information content (AvgIpc) is 2.80. The third-order valence-corrected chi connectivity index (χ3v) is 2.91. The highest BCUT2D eigenvalue weighted by atomic mass is 32.1. The van der Waals surface area contributed by atoms with Crippen molar-refractivity contribution >= 4 is 28.8 Å². The summed E-state index contributed by atoms with van der Waals surface area (Å²) in [6.07, 6.45) is 3.49. The van der Waals surface area contributed by atoms with E-state index in [0.29, 0.717) is 10.5 Å². The normalized spacial score (nSPS) is 10.8. The number of aromatic nitrogens is 3. The number of anilines is 1. The highest BCUT2D eigenvalue weighted by molar-refractivity contribution is 7.71. The Hall–Kier alpha value is -2.14. The lowest BCUT2D eigenvalue weighted by atomic mass is 10.1. The van der Waals surface area contributed by atoms with Crippen LogP contribution in [-0.4, -0.2) is 15.0 Å². The van der Waals surface area contributed by atoms with Crippen molar-refractivity contribution in [1.29, 1.82) is 0 Å². The molecule has 4 nitrogen and oxygen atoms in total. The number of nitrogens with two attached hydrogens (primary N) is 1. The summed E-state index contributed by atoms with van der Waals surface area (Å²) in [7, 11) is 0. The van der Waals surface area contributed by atoms with Gasteiger partial charge in [-0.2, -0.15) is 0 Å². The fraction of sp³-hybridized carbons (Fsp3) is 0. The first-order valence-corrected chi connectivity index (χ1v) is 5.58. The number of aromatic amines is 2. The van der Waals surface area contributed by atoms with Crippen LogP contribution in [0.3, 0.4) is 0 Å². The fourth-order valence-corrected chi connectivity index (χ4v) is 2.09. The molecule has 17 heavy (non-hydrogen) atoms. The number of fused-ring (bicyclic) bond motifs is 1. The molecule has 0 amide bonds. The summed E-state index contributed by atoms with van der Waals surface area (Å²) in [5.41, 5.74) is 9.43. The maximum Gasteiger partial charge on any atom is 0.197 e. The number of nitrogen functional groups attached to an aromatic ring is 1. The van der Waals surface area contributed by atoms with Crippen molar-refractivity contribution in [1.82, 2.24) is 15.0 Å². The molecule has 5 heteroatoms. The van der Waals surface area contributed by atoms with Crippen LogP contribution >= 0.6 is 12.2 Å². The van der Waals surface area contributed by atoms with Crippen LogP contribution in [0, 0.1) is 4.77 Å². The second-order valence-electron chi connectivity index (χ2n) is 3.76. The summed E-state index contributed by atoms with van der Waals surface area (Å²) in [6.45, 7) is 0. The molecular formula is C12H10N4S. The predicted molar refractivity (Wildman–Crippen MR) is 71.1 cm³/mol. The van der Waals surface area contributed by atoms with Crippen LogP contribution in [0.2, 0.25) is 0 Å². The Balaban J connectivity index is 2.37. The van der Waals surface area contributed by atoms with Crippen LogP contribution in [0.25, 0.3) is 22.2 Å². The van der Waals surface area contributed by atoms with Gasteiger partial charge in [-0.1, -0.05) is 12.1 Å². The molecular weight excluding hydrogens is 232 g/mol. The lowest BCUT2D eigenvalue weighted by molar-refractivity contribution is 1.15. The quantitative estimate of drug-likeness (QED) is 0.575. The molecule has 0 atom stereocenters. The monoisotopic (exact) mass is 242 g/mol. The first kappa shape index (κ1) is 10.0. The minimum absolute atomic E-state index is 0.432. The lowest BCUT2D eigenvalue weighted by Gasteiger charge is -2.06. The minimum atomic E-state index is 0.432.